The van der Waals surface area contributed by atoms with E-state index < -0.39 is 10.0 Å². The average molecular weight is 458 g/mol. The number of ether oxygens (including phenoxy) is 1. The summed E-state index contributed by atoms with van der Waals surface area (Å²) in [4.78, 5) is 26.4. The normalized spacial score (nSPS) is 15.3. The molecule has 0 aromatic heterocycles. The lowest BCUT2D eigenvalue weighted by Crippen LogP contribution is -2.31. The van der Waals surface area contributed by atoms with E-state index in [2.05, 4.69) is 10.0 Å². The molecule has 8 nitrogen and oxygen atoms in total. The summed E-state index contributed by atoms with van der Waals surface area (Å²) >= 11 is 0. The number of nitrogens with one attached hydrogen (secondary N) is 2. The van der Waals surface area contributed by atoms with Crippen LogP contribution < -0.4 is 19.7 Å². The Morgan fingerprint density at radius 1 is 1.16 bits per heavy atom. The molecule has 2 N–H and O–H groups in total. The highest BCUT2D eigenvalue weighted by Gasteiger charge is 2.36. The number of hydrogen-bond acceptors (Lipinski definition) is 5. The lowest BCUT2D eigenvalue weighted by atomic mass is 10.2. The standard InChI is InChI=1S/C23H27N3O5S/c1-31-19-4-2-3-16(13-19)15-24-22(27)9-11-25-32(29,30)20-7-8-21-18(14-20)10-12-26(21)23(28)17-5-6-17/h2-4,7-8,13-14,17,25H,5-6,9-12,15H2,1H3,(H,24,27). The van der Waals surface area contributed by atoms with Gasteiger partial charge in [0.2, 0.25) is 21.8 Å². The third kappa shape index (κ3) is 5.11. The van der Waals surface area contributed by atoms with Gasteiger partial charge in [0, 0.05) is 37.7 Å². The maximum absolute atomic E-state index is 12.7. The molecule has 9 heteroatoms. The average Bonchev–Trinajstić information content (AvgIpc) is 3.56. The third-order valence-electron chi connectivity index (χ3n) is 5.72. The Kier molecular flexibility index (Phi) is 6.48. The van der Waals surface area contributed by atoms with Crippen LogP contribution in [0.1, 0.15) is 30.4 Å². The van der Waals surface area contributed by atoms with Crippen molar-refractivity contribution in [2.24, 2.45) is 5.92 Å². The molecule has 2 aliphatic rings. The van der Waals surface area contributed by atoms with Crippen LogP contribution in [0, 0.1) is 5.92 Å². The van der Waals surface area contributed by atoms with Gasteiger partial charge in [-0.3, -0.25) is 9.59 Å². The topological polar surface area (TPSA) is 105 Å². The minimum absolute atomic E-state index is 0.00431. The Bertz CT molecular complexity index is 1130. The van der Waals surface area contributed by atoms with Gasteiger partial charge in [0.15, 0.2) is 0 Å². The molecule has 0 radical (unpaired) electrons. The lowest BCUT2D eigenvalue weighted by Gasteiger charge is -2.17. The van der Waals surface area contributed by atoms with Gasteiger partial charge < -0.3 is 15.0 Å². The van der Waals surface area contributed by atoms with E-state index in [-0.39, 0.29) is 35.6 Å². The molecule has 32 heavy (non-hydrogen) atoms. The summed E-state index contributed by atoms with van der Waals surface area (Å²) in [7, 11) is -2.17. The number of amides is 2. The van der Waals surface area contributed by atoms with Gasteiger partial charge in [-0.1, -0.05) is 12.1 Å². The van der Waals surface area contributed by atoms with Crippen LogP contribution in [0.25, 0.3) is 0 Å². The van der Waals surface area contributed by atoms with E-state index in [1.807, 2.05) is 24.3 Å². The van der Waals surface area contributed by atoms with Crippen molar-refractivity contribution in [2.45, 2.75) is 37.1 Å². The first kappa shape index (κ1) is 22.3. The molecule has 0 atom stereocenters. The molecule has 1 saturated carbocycles. The van der Waals surface area contributed by atoms with Crippen LogP contribution in [0.15, 0.2) is 47.4 Å². The smallest absolute Gasteiger partial charge is 0.240 e. The summed E-state index contributed by atoms with van der Waals surface area (Å²) in [6, 6.07) is 12.2. The summed E-state index contributed by atoms with van der Waals surface area (Å²) in [6.45, 7) is 0.925. The molecule has 0 bridgehead atoms. The van der Waals surface area contributed by atoms with Crippen LogP contribution in [-0.2, 0) is 32.6 Å². The summed E-state index contributed by atoms with van der Waals surface area (Å²) < 4.78 is 33.0. The fraction of sp³-hybridized carbons (Fsp3) is 0.391. The fourth-order valence-corrected chi connectivity index (χ4v) is 4.86. The van der Waals surface area contributed by atoms with Crippen molar-refractivity contribution < 1.29 is 22.7 Å². The van der Waals surface area contributed by atoms with Crippen LogP contribution in [0.5, 0.6) is 5.75 Å². The third-order valence-corrected chi connectivity index (χ3v) is 7.18. The van der Waals surface area contributed by atoms with Crippen molar-refractivity contribution >= 4 is 27.5 Å². The predicted molar refractivity (Wildman–Crippen MR) is 120 cm³/mol. The van der Waals surface area contributed by atoms with Gasteiger partial charge in [-0.25, -0.2) is 13.1 Å². The van der Waals surface area contributed by atoms with E-state index in [1.54, 1.807) is 24.1 Å². The van der Waals surface area contributed by atoms with Gasteiger partial charge in [0.25, 0.3) is 0 Å². The van der Waals surface area contributed by atoms with E-state index >= 15 is 0 Å². The van der Waals surface area contributed by atoms with Gasteiger partial charge in [0.05, 0.1) is 12.0 Å². The number of methoxy groups -OCH3 is 1. The molecule has 4 rings (SSSR count). The summed E-state index contributed by atoms with van der Waals surface area (Å²) in [5.41, 5.74) is 2.56. The van der Waals surface area contributed by atoms with Gasteiger partial charge in [-0.05, 0) is 60.7 Å². The lowest BCUT2D eigenvalue weighted by molar-refractivity contribution is -0.121. The zero-order valence-electron chi connectivity index (χ0n) is 18.0. The minimum atomic E-state index is -3.75. The first-order chi connectivity index (χ1) is 15.4. The molecule has 2 aromatic carbocycles. The summed E-state index contributed by atoms with van der Waals surface area (Å²) in [5.74, 6) is 0.719. The Morgan fingerprint density at radius 2 is 1.97 bits per heavy atom. The van der Waals surface area contributed by atoms with E-state index in [0.29, 0.717) is 25.3 Å². The second-order valence-corrected chi connectivity index (χ2v) is 9.85. The molecule has 2 aromatic rings. The molecular weight excluding hydrogens is 430 g/mol. The number of anilines is 1. The molecule has 0 spiro atoms. The number of carbonyl (C=O) groups is 2. The van der Waals surface area contributed by atoms with E-state index in [9.17, 15) is 18.0 Å². The zero-order chi connectivity index (χ0) is 22.7. The number of carbonyl (C=O) groups excluding carboxylic acids is 2. The summed E-state index contributed by atoms with van der Waals surface area (Å²) in [6.07, 6.45) is 2.55. The highest BCUT2D eigenvalue weighted by Crippen LogP contribution is 2.37. The van der Waals surface area contributed by atoms with Crippen LogP contribution in [0.2, 0.25) is 0 Å². The van der Waals surface area contributed by atoms with Crippen molar-refractivity contribution in [1.82, 2.24) is 10.0 Å². The SMILES string of the molecule is COc1cccc(CNC(=O)CCNS(=O)(=O)c2ccc3c(c2)CCN3C(=O)C2CC2)c1. The minimum Gasteiger partial charge on any atom is -0.497 e. The van der Waals surface area contributed by atoms with E-state index in [1.165, 1.54) is 6.07 Å². The molecule has 170 valence electrons. The van der Waals surface area contributed by atoms with Crippen molar-refractivity contribution in [2.75, 3.05) is 25.1 Å². The first-order valence-electron chi connectivity index (χ1n) is 10.7. The molecule has 1 aliphatic carbocycles. The van der Waals surface area contributed by atoms with Crippen LogP contribution in [0.3, 0.4) is 0 Å². The summed E-state index contributed by atoms with van der Waals surface area (Å²) in [5, 5.41) is 2.77. The van der Waals surface area contributed by atoms with Crippen LogP contribution in [-0.4, -0.2) is 40.4 Å². The van der Waals surface area contributed by atoms with Crippen molar-refractivity contribution in [3.63, 3.8) is 0 Å². The second kappa shape index (κ2) is 9.30. The highest BCUT2D eigenvalue weighted by atomic mass is 32.2. The number of hydrogen-bond donors (Lipinski definition) is 2. The maximum atomic E-state index is 12.7. The molecule has 1 heterocycles. The van der Waals surface area contributed by atoms with Gasteiger partial charge in [0.1, 0.15) is 5.75 Å². The molecule has 0 saturated heterocycles. The van der Waals surface area contributed by atoms with Crippen molar-refractivity contribution in [3.05, 3.63) is 53.6 Å². The van der Waals surface area contributed by atoms with Crippen molar-refractivity contribution in [3.8, 4) is 5.75 Å². The van der Waals surface area contributed by atoms with E-state index in [4.69, 9.17) is 4.74 Å². The highest BCUT2D eigenvalue weighted by molar-refractivity contribution is 7.89. The Labute approximate surface area is 188 Å². The Morgan fingerprint density at radius 3 is 2.72 bits per heavy atom. The van der Waals surface area contributed by atoms with Gasteiger partial charge in [-0.2, -0.15) is 0 Å². The second-order valence-electron chi connectivity index (χ2n) is 8.08. The fourth-order valence-electron chi connectivity index (χ4n) is 3.78. The monoisotopic (exact) mass is 457 g/mol. The predicted octanol–water partition coefficient (Wildman–Crippen LogP) is 1.98. The Hall–Kier alpha value is -2.91. The largest absolute Gasteiger partial charge is 0.497 e. The zero-order valence-corrected chi connectivity index (χ0v) is 18.8. The number of sulfonamides is 1. The maximum Gasteiger partial charge on any atom is 0.240 e. The van der Waals surface area contributed by atoms with Gasteiger partial charge >= 0.3 is 0 Å². The number of benzene rings is 2. The van der Waals surface area contributed by atoms with Crippen LogP contribution in [0.4, 0.5) is 5.69 Å². The number of nitrogens with zero attached hydrogens (tertiary/aromatic N) is 1. The molecule has 0 unspecified atom stereocenters. The quantitative estimate of drug-likeness (QED) is 0.599. The Balaban J connectivity index is 1.29. The molecule has 1 fully saturated rings. The molecule has 1 aliphatic heterocycles. The molecular formula is C23H27N3O5S. The number of fused-ring (bicyclic) bond motifs is 1. The molecule has 2 amide bonds. The van der Waals surface area contributed by atoms with Gasteiger partial charge in [-0.15, -0.1) is 0 Å². The van der Waals surface area contributed by atoms with E-state index in [0.717, 1.165) is 29.7 Å². The van der Waals surface area contributed by atoms with Crippen molar-refractivity contribution in [1.29, 1.82) is 0 Å². The number of rotatable bonds is 9. The van der Waals surface area contributed by atoms with Crippen LogP contribution >= 0.6 is 0 Å². The first-order valence-corrected chi connectivity index (χ1v) is 12.2.